The van der Waals surface area contributed by atoms with Crippen LogP contribution in [0.2, 0.25) is 0 Å². The quantitative estimate of drug-likeness (QED) is 0.684. The summed E-state index contributed by atoms with van der Waals surface area (Å²) in [7, 11) is -3.75. The zero-order valence-electron chi connectivity index (χ0n) is 11.8. The van der Waals surface area contributed by atoms with E-state index in [1.807, 2.05) is 6.26 Å². The van der Waals surface area contributed by atoms with Crippen LogP contribution in [0.5, 0.6) is 0 Å². The molecule has 5 nitrogen and oxygen atoms in total. The molecule has 0 bridgehead atoms. The first-order valence-electron chi connectivity index (χ1n) is 6.34. The van der Waals surface area contributed by atoms with Gasteiger partial charge in [-0.3, -0.25) is 4.79 Å². The molecule has 0 aliphatic rings. The zero-order chi connectivity index (χ0) is 15.9. The van der Waals surface area contributed by atoms with E-state index in [0.717, 1.165) is 4.47 Å². The molecule has 0 aromatic heterocycles. The Morgan fingerprint density at radius 3 is 2.52 bits per heavy atom. The maximum absolute atomic E-state index is 12.3. The molecule has 8 heteroatoms. The molecule has 0 amide bonds. The second-order valence-corrected chi connectivity index (χ2v) is 7.78. The van der Waals surface area contributed by atoms with Crippen LogP contribution in [0.4, 0.5) is 0 Å². The molecule has 1 atom stereocenters. The average Bonchev–Trinajstić information content (AvgIpc) is 2.44. The van der Waals surface area contributed by atoms with Crippen molar-refractivity contribution in [2.24, 2.45) is 0 Å². The second-order valence-electron chi connectivity index (χ2n) is 4.16. The Balaban J connectivity index is 2.89. The fraction of sp³-hybridized carbons (Fsp3) is 0.462. The van der Waals surface area contributed by atoms with Gasteiger partial charge in [-0.25, -0.2) is 8.42 Å². The summed E-state index contributed by atoms with van der Waals surface area (Å²) in [6.45, 7) is 1.90. The number of benzene rings is 1. The van der Waals surface area contributed by atoms with Crippen LogP contribution in [0.1, 0.15) is 13.3 Å². The molecular weight excluding hydrogens is 378 g/mol. The summed E-state index contributed by atoms with van der Waals surface area (Å²) in [6.07, 6.45) is 2.28. The normalized spacial score (nSPS) is 12.9. The molecule has 1 rings (SSSR count). The van der Waals surface area contributed by atoms with E-state index in [1.165, 1.54) is 12.1 Å². The number of esters is 1. The third-order valence-electron chi connectivity index (χ3n) is 2.60. The predicted octanol–water partition coefficient (Wildman–Crippen LogP) is 2.41. The van der Waals surface area contributed by atoms with Crippen LogP contribution < -0.4 is 4.72 Å². The van der Waals surface area contributed by atoms with Crippen molar-refractivity contribution in [3.8, 4) is 0 Å². The minimum absolute atomic E-state index is 0.115. The molecule has 0 aliphatic heterocycles. The summed E-state index contributed by atoms with van der Waals surface area (Å²) < 4.78 is 32.7. The van der Waals surface area contributed by atoms with Crippen LogP contribution in [-0.4, -0.2) is 39.0 Å². The largest absolute Gasteiger partial charge is 0.465 e. The van der Waals surface area contributed by atoms with Crippen molar-refractivity contribution < 1.29 is 17.9 Å². The third-order valence-corrected chi connectivity index (χ3v) is 5.26. The van der Waals surface area contributed by atoms with Crippen LogP contribution in [0.15, 0.2) is 33.6 Å². The van der Waals surface area contributed by atoms with Gasteiger partial charge in [0, 0.05) is 4.47 Å². The van der Waals surface area contributed by atoms with Crippen molar-refractivity contribution in [2.75, 3.05) is 18.6 Å². The Morgan fingerprint density at radius 1 is 1.38 bits per heavy atom. The molecule has 1 N–H and O–H groups in total. The third kappa shape index (κ3) is 5.98. The predicted molar refractivity (Wildman–Crippen MR) is 87.9 cm³/mol. The van der Waals surface area contributed by atoms with Crippen molar-refractivity contribution in [3.05, 3.63) is 28.7 Å². The van der Waals surface area contributed by atoms with Gasteiger partial charge in [-0.05, 0) is 49.6 Å². The standard InChI is InChI=1S/C13H18BrNO4S2/c1-3-19-13(16)12(8-9-20-2)15-21(17,18)11-6-4-10(14)5-7-11/h4-7,12,15H,3,8-9H2,1-2H3/t12-/m0/s1. The van der Waals surface area contributed by atoms with Crippen molar-refractivity contribution in [3.63, 3.8) is 0 Å². The smallest absolute Gasteiger partial charge is 0.324 e. The van der Waals surface area contributed by atoms with Gasteiger partial charge in [0.1, 0.15) is 6.04 Å². The monoisotopic (exact) mass is 395 g/mol. The number of halogens is 1. The number of hydrogen-bond donors (Lipinski definition) is 1. The number of carbonyl (C=O) groups excluding carboxylic acids is 1. The van der Waals surface area contributed by atoms with Gasteiger partial charge in [0.25, 0.3) is 0 Å². The lowest BCUT2D eigenvalue weighted by Gasteiger charge is -2.17. The SMILES string of the molecule is CCOC(=O)[C@H](CCSC)NS(=O)(=O)c1ccc(Br)cc1. The molecule has 0 unspecified atom stereocenters. The van der Waals surface area contributed by atoms with E-state index >= 15 is 0 Å². The van der Waals surface area contributed by atoms with E-state index in [1.54, 1.807) is 30.8 Å². The summed E-state index contributed by atoms with van der Waals surface area (Å²) in [5, 5.41) is 0. The molecule has 0 saturated heterocycles. The number of hydrogen-bond acceptors (Lipinski definition) is 5. The van der Waals surface area contributed by atoms with Crippen molar-refractivity contribution in [1.29, 1.82) is 0 Å². The Kier molecular flexibility index (Phi) is 7.72. The Morgan fingerprint density at radius 2 is 2.00 bits per heavy atom. The van der Waals surface area contributed by atoms with Crippen molar-refractivity contribution in [1.82, 2.24) is 4.72 Å². The number of nitrogens with one attached hydrogen (secondary N) is 1. The minimum atomic E-state index is -3.75. The molecular formula is C13H18BrNO4S2. The number of rotatable bonds is 8. The molecule has 0 aliphatic carbocycles. The van der Waals surface area contributed by atoms with Gasteiger partial charge < -0.3 is 4.74 Å². The van der Waals surface area contributed by atoms with Gasteiger partial charge >= 0.3 is 5.97 Å². The summed E-state index contributed by atoms with van der Waals surface area (Å²) in [5.41, 5.74) is 0. The first kappa shape index (κ1) is 18.5. The number of thioether (sulfide) groups is 1. The lowest BCUT2D eigenvalue weighted by Crippen LogP contribution is -2.42. The van der Waals surface area contributed by atoms with Gasteiger partial charge in [0.15, 0.2) is 0 Å². The van der Waals surface area contributed by atoms with Crippen LogP contribution in [0.3, 0.4) is 0 Å². The molecule has 0 heterocycles. The van der Waals surface area contributed by atoms with Gasteiger partial charge in [-0.1, -0.05) is 15.9 Å². The van der Waals surface area contributed by atoms with E-state index in [2.05, 4.69) is 20.7 Å². The van der Waals surface area contributed by atoms with E-state index in [-0.39, 0.29) is 11.5 Å². The van der Waals surface area contributed by atoms with Crippen LogP contribution >= 0.6 is 27.7 Å². The lowest BCUT2D eigenvalue weighted by molar-refractivity contribution is -0.145. The van der Waals surface area contributed by atoms with Gasteiger partial charge in [0.05, 0.1) is 11.5 Å². The molecule has 21 heavy (non-hydrogen) atoms. The van der Waals surface area contributed by atoms with Crippen LogP contribution in [-0.2, 0) is 19.6 Å². The second kappa shape index (κ2) is 8.77. The molecule has 118 valence electrons. The van der Waals surface area contributed by atoms with Crippen molar-refractivity contribution in [2.45, 2.75) is 24.3 Å². The highest BCUT2D eigenvalue weighted by atomic mass is 79.9. The van der Waals surface area contributed by atoms with E-state index in [4.69, 9.17) is 4.74 Å². The maximum atomic E-state index is 12.3. The molecule has 1 aromatic carbocycles. The number of carbonyl (C=O) groups is 1. The zero-order valence-corrected chi connectivity index (χ0v) is 15.1. The minimum Gasteiger partial charge on any atom is -0.465 e. The molecule has 0 radical (unpaired) electrons. The lowest BCUT2D eigenvalue weighted by atomic mass is 10.2. The molecule has 0 spiro atoms. The van der Waals surface area contributed by atoms with Gasteiger partial charge in [-0.15, -0.1) is 0 Å². The highest BCUT2D eigenvalue weighted by molar-refractivity contribution is 9.10. The molecule has 0 fully saturated rings. The Labute approximate surface area is 138 Å². The summed E-state index contributed by atoms with van der Waals surface area (Å²) in [6, 6.07) is 5.35. The van der Waals surface area contributed by atoms with E-state index < -0.39 is 22.0 Å². The van der Waals surface area contributed by atoms with Gasteiger partial charge in [-0.2, -0.15) is 16.5 Å². The van der Waals surface area contributed by atoms with Crippen LogP contribution in [0, 0.1) is 0 Å². The van der Waals surface area contributed by atoms with E-state index in [9.17, 15) is 13.2 Å². The molecule has 0 saturated carbocycles. The Hall–Kier alpha value is -0.570. The summed E-state index contributed by atoms with van der Waals surface area (Å²) in [4.78, 5) is 12.0. The highest BCUT2D eigenvalue weighted by Gasteiger charge is 2.26. The number of sulfonamides is 1. The summed E-state index contributed by atoms with van der Waals surface area (Å²) in [5.74, 6) is 0.110. The van der Waals surface area contributed by atoms with Gasteiger partial charge in [0.2, 0.25) is 10.0 Å². The Bertz CT molecular complexity index is 560. The van der Waals surface area contributed by atoms with Crippen molar-refractivity contribution >= 4 is 43.7 Å². The average molecular weight is 396 g/mol. The fourth-order valence-corrected chi connectivity index (χ4v) is 3.53. The van der Waals surface area contributed by atoms with Crippen LogP contribution in [0.25, 0.3) is 0 Å². The first-order valence-corrected chi connectivity index (χ1v) is 10.0. The fourth-order valence-electron chi connectivity index (χ4n) is 1.57. The summed E-state index contributed by atoms with van der Waals surface area (Å²) >= 11 is 4.79. The first-order chi connectivity index (χ1) is 9.90. The molecule has 1 aromatic rings. The highest BCUT2D eigenvalue weighted by Crippen LogP contribution is 2.16. The number of ether oxygens (including phenoxy) is 1. The van der Waals surface area contributed by atoms with E-state index in [0.29, 0.717) is 12.2 Å². The topological polar surface area (TPSA) is 72.5 Å². The maximum Gasteiger partial charge on any atom is 0.324 e.